The maximum Gasteiger partial charge on any atom is 0.0952 e. The van der Waals surface area contributed by atoms with Gasteiger partial charge < -0.3 is 10.3 Å². The van der Waals surface area contributed by atoms with Crippen LogP contribution in [0.4, 0.5) is 0 Å². The van der Waals surface area contributed by atoms with Gasteiger partial charge in [0.15, 0.2) is 0 Å². The van der Waals surface area contributed by atoms with Crippen LogP contribution in [-0.2, 0) is 0 Å². The predicted octanol–water partition coefficient (Wildman–Crippen LogP) is 2.93. The standard InChI is InChI=1S/C11H12ClN3.2ClH/c12-10-3-1-9(2-4-10)11(7-13)15-6-5-14-8-15;;/h1-6,8,11H,7,13H2;2*1H. The number of rotatable bonds is 3. The van der Waals surface area contributed by atoms with Crippen molar-refractivity contribution in [1.29, 1.82) is 0 Å². The molecule has 2 aromatic rings. The highest BCUT2D eigenvalue weighted by Crippen LogP contribution is 2.19. The van der Waals surface area contributed by atoms with Gasteiger partial charge in [0.1, 0.15) is 0 Å². The van der Waals surface area contributed by atoms with Crippen molar-refractivity contribution in [2.24, 2.45) is 5.73 Å². The monoisotopic (exact) mass is 293 g/mol. The van der Waals surface area contributed by atoms with Crippen LogP contribution in [0.3, 0.4) is 0 Å². The number of nitrogens with two attached hydrogens (primary N) is 1. The number of benzene rings is 1. The van der Waals surface area contributed by atoms with Crippen LogP contribution in [0.5, 0.6) is 0 Å². The topological polar surface area (TPSA) is 43.8 Å². The average Bonchev–Trinajstić information content (AvgIpc) is 2.75. The Morgan fingerprint density at radius 3 is 2.35 bits per heavy atom. The summed E-state index contributed by atoms with van der Waals surface area (Å²) in [6.45, 7) is 0.540. The van der Waals surface area contributed by atoms with Crippen molar-refractivity contribution in [3.63, 3.8) is 0 Å². The molecule has 0 fully saturated rings. The molecule has 3 nitrogen and oxygen atoms in total. The molecule has 94 valence electrons. The predicted molar refractivity (Wildman–Crippen MR) is 75.4 cm³/mol. The van der Waals surface area contributed by atoms with Crippen LogP contribution in [0, 0.1) is 0 Å². The number of hydrogen-bond acceptors (Lipinski definition) is 2. The van der Waals surface area contributed by atoms with E-state index in [0.717, 1.165) is 10.6 Å². The summed E-state index contributed by atoms with van der Waals surface area (Å²) < 4.78 is 1.99. The molecular formula is C11H14Cl3N3. The molecule has 0 amide bonds. The number of nitrogens with zero attached hydrogens (tertiary/aromatic N) is 2. The Morgan fingerprint density at radius 2 is 1.88 bits per heavy atom. The van der Waals surface area contributed by atoms with Crippen molar-refractivity contribution in [1.82, 2.24) is 9.55 Å². The molecule has 6 heteroatoms. The molecule has 2 N–H and O–H groups in total. The third-order valence-corrected chi connectivity index (χ3v) is 2.61. The van der Waals surface area contributed by atoms with E-state index in [-0.39, 0.29) is 30.9 Å². The molecule has 0 aliphatic rings. The van der Waals surface area contributed by atoms with Gasteiger partial charge in [0, 0.05) is 24.0 Å². The minimum Gasteiger partial charge on any atom is -0.329 e. The van der Waals surface area contributed by atoms with E-state index >= 15 is 0 Å². The molecule has 1 aromatic heterocycles. The fourth-order valence-corrected chi connectivity index (χ4v) is 1.69. The summed E-state index contributed by atoms with van der Waals surface area (Å²) in [5.74, 6) is 0. The first-order valence-electron chi connectivity index (χ1n) is 4.74. The average molecular weight is 295 g/mol. The van der Waals surface area contributed by atoms with E-state index in [0.29, 0.717) is 6.54 Å². The lowest BCUT2D eigenvalue weighted by atomic mass is 10.1. The molecule has 17 heavy (non-hydrogen) atoms. The number of imidazole rings is 1. The Labute approximate surface area is 118 Å². The lowest BCUT2D eigenvalue weighted by Crippen LogP contribution is -2.19. The molecule has 2 rings (SSSR count). The molecule has 0 spiro atoms. The minimum atomic E-state index is 0. The van der Waals surface area contributed by atoms with Crippen LogP contribution in [-0.4, -0.2) is 16.1 Å². The molecular weight excluding hydrogens is 281 g/mol. The van der Waals surface area contributed by atoms with Crippen molar-refractivity contribution in [2.75, 3.05) is 6.54 Å². The molecule has 0 bridgehead atoms. The first-order chi connectivity index (χ1) is 7.31. The smallest absolute Gasteiger partial charge is 0.0952 e. The molecule has 1 atom stereocenters. The van der Waals surface area contributed by atoms with E-state index in [1.54, 1.807) is 12.5 Å². The zero-order valence-electron chi connectivity index (χ0n) is 8.99. The second-order valence-electron chi connectivity index (χ2n) is 3.31. The molecule has 0 radical (unpaired) electrons. The summed E-state index contributed by atoms with van der Waals surface area (Å²) in [5.41, 5.74) is 6.89. The zero-order valence-corrected chi connectivity index (χ0v) is 11.4. The first-order valence-corrected chi connectivity index (χ1v) is 5.12. The highest BCUT2D eigenvalue weighted by atomic mass is 35.5. The van der Waals surface area contributed by atoms with Gasteiger partial charge in [0.2, 0.25) is 0 Å². The highest BCUT2D eigenvalue weighted by molar-refractivity contribution is 6.30. The summed E-state index contributed by atoms with van der Waals surface area (Å²) in [6, 6.07) is 7.84. The molecule has 0 aliphatic carbocycles. The van der Waals surface area contributed by atoms with Crippen LogP contribution < -0.4 is 5.73 Å². The Hall–Kier alpha value is -0.740. The number of hydrogen-bond donors (Lipinski definition) is 1. The van der Waals surface area contributed by atoms with Gasteiger partial charge in [-0.1, -0.05) is 23.7 Å². The highest BCUT2D eigenvalue weighted by Gasteiger charge is 2.10. The first kappa shape index (κ1) is 16.3. The maximum absolute atomic E-state index is 5.83. The molecule has 0 saturated heterocycles. The second-order valence-corrected chi connectivity index (χ2v) is 3.75. The molecule has 1 unspecified atom stereocenters. The van der Waals surface area contributed by atoms with E-state index in [2.05, 4.69) is 4.98 Å². The summed E-state index contributed by atoms with van der Waals surface area (Å²) in [6.07, 6.45) is 5.43. The fraction of sp³-hybridized carbons (Fsp3) is 0.182. The van der Waals surface area contributed by atoms with Crippen molar-refractivity contribution < 1.29 is 0 Å². The summed E-state index contributed by atoms with van der Waals surface area (Å²) in [5, 5.41) is 0.736. The summed E-state index contributed by atoms with van der Waals surface area (Å²) >= 11 is 5.83. The van der Waals surface area contributed by atoms with Gasteiger partial charge in [-0.15, -0.1) is 24.8 Å². The van der Waals surface area contributed by atoms with E-state index in [1.807, 2.05) is 35.0 Å². The van der Waals surface area contributed by atoms with E-state index in [4.69, 9.17) is 17.3 Å². The van der Waals surface area contributed by atoms with Gasteiger partial charge >= 0.3 is 0 Å². The maximum atomic E-state index is 5.83. The van der Waals surface area contributed by atoms with E-state index in [1.165, 1.54) is 0 Å². The zero-order chi connectivity index (χ0) is 10.7. The third kappa shape index (κ3) is 3.89. The third-order valence-electron chi connectivity index (χ3n) is 2.36. The van der Waals surface area contributed by atoms with Crippen LogP contribution in [0.25, 0.3) is 0 Å². The molecule has 0 saturated carbocycles. The van der Waals surface area contributed by atoms with Gasteiger partial charge in [-0.25, -0.2) is 4.98 Å². The summed E-state index contributed by atoms with van der Waals surface area (Å²) in [4.78, 5) is 4.02. The fourth-order valence-electron chi connectivity index (χ4n) is 1.57. The lowest BCUT2D eigenvalue weighted by Gasteiger charge is -2.16. The quantitative estimate of drug-likeness (QED) is 0.946. The Bertz CT molecular complexity index is 414. The Morgan fingerprint density at radius 1 is 1.24 bits per heavy atom. The van der Waals surface area contributed by atoms with Crippen LogP contribution in [0.2, 0.25) is 5.02 Å². The normalized spacial score (nSPS) is 11.2. The van der Waals surface area contributed by atoms with Gasteiger partial charge in [-0.3, -0.25) is 0 Å². The SMILES string of the molecule is Cl.Cl.NCC(c1ccc(Cl)cc1)n1ccnc1. The second kappa shape index (κ2) is 7.56. The molecule has 0 aliphatic heterocycles. The van der Waals surface area contributed by atoms with Gasteiger partial charge in [0.25, 0.3) is 0 Å². The van der Waals surface area contributed by atoms with Crippen molar-refractivity contribution in [2.45, 2.75) is 6.04 Å². The Kier molecular flexibility index (Phi) is 7.23. The lowest BCUT2D eigenvalue weighted by molar-refractivity contribution is 0.594. The Balaban J connectivity index is 0.00000128. The number of halogens is 3. The summed E-state index contributed by atoms with van der Waals surface area (Å²) in [7, 11) is 0. The minimum absolute atomic E-state index is 0. The molecule has 1 heterocycles. The largest absolute Gasteiger partial charge is 0.329 e. The van der Waals surface area contributed by atoms with E-state index < -0.39 is 0 Å². The van der Waals surface area contributed by atoms with Crippen LogP contribution in [0.1, 0.15) is 11.6 Å². The van der Waals surface area contributed by atoms with Gasteiger partial charge in [-0.05, 0) is 17.7 Å². The van der Waals surface area contributed by atoms with Crippen molar-refractivity contribution in [3.05, 3.63) is 53.6 Å². The van der Waals surface area contributed by atoms with Gasteiger partial charge in [0.05, 0.1) is 12.4 Å². The van der Waals surface area contributed by atoms with Crippen LogP contribution in [0.15, 0.2) is 43.0 Å². The van der Waals surface area contributed by atoms with Crippen molar-refractivity contribution in [3.8, 4) is 0 Å². The van der Waals surface area contributed by atoms with E-state index in [9.17, 15) is 0 Å². The van der Waals surface area contributed by atoms with Crippen LogP contribution >= 0.6 is 36.4 Å². The van der Waals surface area contributed by atoms with Gasteiger partial charge in [-0.2, -0.15) is 0 Å². The molecule has 1 aromatic carbocycles. The number of aromatic nitrogens is 2. The van der Waals surface area contributed by atoms with Crippen molar-refractivity contribution >= 4 is 36.4 Å².